The maximum atomic E-state index is 5.63. The smallest absolute Gasteiger partial charge is 0.131 e. The molecule has 1 aromatic rings. The first-order chi connectivity index (χ1) is 8.83. The van der Waals surface area contributed by atoms with Crippen LogP contribution in [0, 0.1) is 5.92 Å². The van der Waals surface area contributed by atoms with Crippen molar-refractivity contribution >= 4 is 11.6 Å². The highest BCUT2D eigenvalue weighted by molar-refractivity contribution is 6.25. The third-order valence-corrected chi connectivity index (χ3v) is 3.89. The second kappa shape index (κ2) is 6.89. The zero-order valence-electron chi connectivity index (χ0n) is 11.0. The summed E-state index contributed by atoms with van der Waals surface area (Å²) >= 11 is 5.63. The van der Waals surface area contributed by atoms with Gasteiger partial charge in [0.2, 0.25) is 0 Å². The minimum absolute atomic E-state index is 0.542. The molecule has 98 valence electrons. The molecule has 1 aliphatic carbocycles. The number of hydrogen-bond donors (Lipinski definition) is 0. The molecule has 1 aliphatic rings. The Labute approximate surface area is 114 Å². The van der Waals surface area contributed by atoms with Crippen LogP contribution in [0.15, 0.2) is 24.0 Å². The van der Waals surface area contributed by atoms with Gasteiger partial charge in [-0.3, -0.25) is 0 Å². The van der Waals surface area contributed by atoms with Crippen molar-refractivity contribution in [3.63, 3.8) is 0 Å². The molecule has 0 aromatic carbocycles. The second-order valence-electron chi connectivity index (χ2n) is 5.13. The Bertz CT molecular complexity index is 378. The largest absolute Gasteiger partial charge is 0.241 e. The fourth-order valence-electron chi connectivity index (χ4n) is 2.67. The summed E-state index contributed by atoms with van der Waals surface area (Å²) in [5.74, 6) is 2.22. The fourth-order valence-corrected chi connectivity index (χ4v) is 2.87. The number of halogens is 1. The van der Waals surface area contributed by atoms with Crippen LogP contribution in [0.4, 0.5) is 0 Å². The lowest BCUT2D eigenvalue weighted by Crippen LogP contribution is -2.14. The third kappa shape index (κ3) is 3.55. The summed E-state index contributed by atoms with van der Waals surface area (Å²) < 4.78 is 0. The zero-order valence-corrected chi connectivity index (χ0v) is 11.7. The van der Waals surface area contributed by atoms with Gasteiger partial charge in [0, 0.05) is 23.8 Å². The van der Waals surface area contributed by atoms with E-state index in [1.165, 1.54) is 31.2 Å². The molecular formula is C15H21ClN2. The average molecular weight is 265 g/mol. The van der Waals surface area contributed by atoms with Crippen LogP contribution in [0.25, 0.3) is 0 Å². The molecule has 1 aromatic heterocycles. The maximum Gasteiger partial charge on any atom is 0.131 e. The highest BCUT2D eigenvalue weighted by Gasteiger charge is 2.22. The van der Waals surface area contributed by atoms with E-state index in [2.05, 4.69) is 23.0 Å². The first kappa shape index (κ1) is 13.5. The van der Waals surface area contributed by atoms with Gasteiger partial charge in [-0.25, -0.2) is 9.97 Å². The SMILES string of the molecule is CCCc1cnc(C2CCC(C=CCl)CC2)nc1. The van der Waals surface area contributed by atoms with Crippen LogP contribution in [0.3, 0.4) is 0 Å². The minimum Gasteiger partial charge on any atom is -0.241 e. The molecule has 0 saturated heterocycles. The van der Waals surface area contributed by atoms with Crippen LogP contribution in [0.1, 0.15) is 56.3 Å². The Morgan fingerprint density at radius 2 is 1.89 bits per heavy atom. The molecule has 1 fully saturated rings. The van der Waals surface area contributed by atoms with Crippen molar-refractivity contribution in [3.8, 4) is 0 Å². The predicted molar refractivity (Wildman–Crippen MR) is 75.7 cm³/mol. The molecule has 0 N–H and O–H groups in total. The summed E-state index contributed by atoms with van der Waals surface area (Å²) in [5.41, 5.74) is 2.90. The molecule has 0 aliphatic heterocycles. The van der Waals surface area contributed by atoms with Gasteiger partial charge in [-0.05, 0) is 43.6 Å². The maximum absolute atomic E-state index is 5.63. The van der Waals surface area contributed by atoms with E-state index in [0.717, 1.165) is 18.7 Å². The van der Waals surface area contributed by atoms with E-state index in [4.69, 9.17) is 11.6 Å². The van der Waals surface area contributed by atoms with E-state index in [1.54, 1.807) is 5.54 Å². The van der Waals surface area contributed by atoms with Gasteiger partial charge >= 0.3 is 0 Å². The molecule has 0 atom stereocenters. The van der Waals surface area contributed by atoms with Crippen molar-refractivity contribution in [1.82, 2.24) is 9.97 Å². The highest BCUT2D eigenvalue weighted by atomic mass is 35.5. The minimum atomic E-state index is 0.542. The molecular weight excluding hydrogens is 244 g/mol. The van der Waals surface area contributed by atoms with Gasteiger partial charge < -0.3 is 0 Å². The van der Waals surface area contributed by atoms with E-state index in [1.807, 2.05) is 12.4 Å². The highest BCUT2D eigenvalue weighted by Crippen LogP contribution is 2.34. The van der Waals surface area contributed by atoms with Gasteiger partial charge in [0.15, 0.2) is 0 Å². The van der Waals surface area contributed by atoms with Crippen molar-refractivity contribution in [3.05, 3.63) is 35.4 Å². The van der Waals surface area contributed by atoms with Gasteiger partial charge in [-0.1, -0.05) is 31.0 Å². The Kier molecular flexibility index (Phi) is 5.18. The molecule has 3 heteroatoms. The van der Waals surface area contributed by atoms with Crippen LogP contribution in [0.2, 0.25) is 0 Å². The lowest BCUT2D eigenvalue weighted by atomic mass is 9.81. The van der Waals surface area contributed by atoms with Crippen LogP contribution >= 0.6 is 11.6 Å². The summed E-state index contributed by atoms with van der Waals surface area (Å²) in [4.78, 5) is 9.07. The van der Waals surface area contributed by atoms with Gasteiger partial charge in [0.1, 0.15) is 5.82 Å². The lowest BCUT2D eigenvalue weighted by molar-refractivity contribution is 0.366. The Balaban J connectivity index is 1.92. The Morgan fingerprint density at radius 1 is 1.22 bits per heavy atom. The predicted octanol–water partition coefficient (Wildman–Crippen LogP) is 4.46. The van der Waals surface area contributed by atoms with Crippen LogP contribution in [0.5, 0.6) is 0 Å². The number of hydrogen-bond acceptors (Lipinski definition) is 2. The molecule has 0 spiro atoms. The third-order valence-electron chi connectivity index (χ3n) is 3.75. The topological polar surface area (TPSA) is 25.8 Å². The summed E-state index contributed by atoms with van der Waals surface area (Å²) in [6.45, 7) is 2.18. The molecule has 2 rings (SSSR count). The van der Waals surface area contributed by atoms with Crippen molar-refractivity contribution in [1.29, 1.82) is 0 Å². The van der Waals surface area contributed by atoms with Crippen molar-refractivity contribution in [2.24, 2.45) is 5.92 Å². The van der Waals surface area contributed by atoms with Gasteiger partial charge in [0.25, 0.3) is 0 Å². The number of aryl methyl sites for hydroxylation is 1. The van der Waals surface area contributed by atoms with Crippen LogP contribution < -0.4 is 0 Å². The Morgan fingerprint density at radius 3 is 2.44 bits per heavy atom. The molecule has 18 heavy (non-hydrogen) atoms. The van der Waals surface area contributed by atoms with Gasteiger partial charge in [0.05, 0.1) is 0 Å². The lowest BCUT2D eigenvalue weighted by Gasteiger charge is -2.25. The fraction of sp³-hybridized carbons (Fsp3) is 0.600. The van der Waals surface area contributed by atoms with Crippen molar-refractivity contribution < 1.29 is 0 Å². The van der Waals surface area contributed by atoms with Gasteiger partial charge in [-0.15, -0.1) is 0 Å². The van der Waals surface area contributed by atoms with E-state index in [0.29, 0.717) is 11.8 Å². The normalized spacial score (nSPS) is 24.6. The number of nitrogens with zero attached hydrogens (tertiary/aromatic N) is 2. The molecule has 0 radical (unpaired) electrons. The number of aromatic nitrogens is 2. The summed E-state index contributed by atoms with van der Waals surface area (Å²) in [7, 11) is 0. The van der Waals surface area contributed by atoms with E-state index < -0.39 is 0 Å². The van der Waals surface area contributed by atoms with Crippen LogP contribution in [-0.4, -0.2) is 9.97 Å². The van der Waals surface area contributed by atoms with Crippen molar-refractivity contribution in [2.75, 3.05) is 0 Å². The second-order valence-corrected chi connectivity index (χ2v) is 5.38. The van der Waals surface area contributed by atoms with E-state index in [9.17, 15) is 0 Å². The quantitative estimate of drug-likeness (QED) is 0.803. The van der Waals surface area contributed by atoms with Gasteiger partial charge in [-0.2, -0.15) is 0 Å². The monoisotopic (exact) mass is 264 g/mol. The van der Waals surface area contributed by atoms with Crippen LogP contribution in [-0.2, 0) is 6.42 Å². The first-order valence-corrected chi connectivity index (χ1v) is 7.34. The molecule has 1 heterocycles. The molecule has 2 nitrogen and oxygen atoms in total. The van der Waals surface area contributed by atoms with E-state index in [-0.39, 0.29) is 0 Å². The summed E-state index contributed by atoms with van der Waals surface area (Å²) in [6.07, 6.45) is 13.1. The molecule has 0 bridgehead atoms. The summed E-state index contributed by atoms with van der Waals surface area (Å²) in [6, 6.07) is 0. The molecule has 0 unspecified atom stereocenters. The van der Waals surface area contributed by atoms with Crippen molar-refractivity contribution in [2.45, 2.75) is 51.4 Å². The van der Waals surface area contributed by atoms with E-state index >= 15 is 0 Å². The Hall–Kier alpha value is -0.890. The molecule has 0 amide bonds. The number of rotatable bonds is 4. The number of allylic oxidation sites excluding steroid dienone is 1. The zero-order chi connectivity index (χ0) is 12.8. The average Bonchev–Trinajstić information content (AvgIpc) is 2.41. The molecule has 1 saturated carbocycles. The first-order valence-electron chi connectivity index (χ1n) is 6.91. The standard InChI is InChI=1S/C15H21ClN2/c1-2-3-13-10-17-15(18-11-13)14-6-4-12(5-7-14)8-9-16/h8-12,14H,2-7H2,1H3. The summed E-state index contributed by atoms with van der Waals surface area (Å²) in [5, 5.41) is 0.